The lowest BCUT2D eigenvalue weighted by molar-refractivity contribution is 0.567. The number of sulfonamides is 1. The summed E-state index contributed by atoms with van der Waals surface area (Å²) in [5.74, 6) is 0.200. The van der Waals surface area contributed by atoms with Crippen LogP contribution in [-0.4, -0.2) is 18.7 Å². The van der Waals surface area contributed by atoms with Gasteiger partial charge in [0.25, 0.3) is 0 Å². The molecule has 21 heavy (non-hydrogen) atoms. The first-order chi connectivity index (χ1) is 10.2. The van der Waals surface area contributed by atoms with Crippen LogP contribution in [0.4, 0.5) is 0 Å². The van der Waals surface area contributed by atoms with Crippen molar-refractivity contribution in [1.82, 2.24) is 9.29 Å². The molecule has 4 nitrogen and oxygen atoms in total. The summed E-state index contributed by atoms with van der Waals surface area (Å²) in [5.41, 5.74) is 0.980. The van der Waals surface area contributed by atoms with Crippen molar-refractivity contribution in [3.05, 3.63) is 60.4 Å². The summed E-state index contributed by atoms with van der Waals surface area (Å²) < 4.78 is 28.5. The standard InChI is InChI=1S/C16H22N2O2S/c19-21(20,17-15-16-9-3-1-4-10-16)14-8-2-5-11-18-12-6-7-13-18/h1,3-4,6-7,9-10,12-13,17H,2,5,8,11,14-15H2. The molecule has 0 fully saturated rings. The fraction of sp³-hybridized carbons (Fsp3) is 0.375. The Labute approximate surface area is 126 Å². The van der Waals surface area contributed by atoms with Crippen molar-refractivity contribution >= 4 is 10.0 Å². The van der Waals surface area contributed by atoms with Crippen LogP contribution < -0.4 is 4.72 Å². The van der Waals surface area contributed by atoms with Crippen molar-refractivity contribution in [1.29, 1.82) is 0 Å². The Hall–Kier alpha value is -1.59. The summed E-state index contributed by atoms with van der Waals surface area (Å²) in [6.07, 6.45) is 6.68. The number of hydrogen-bond acceptors (Lipinski definition) is 2. The largest absolute Gasteiger partial charge is 0.354 e. The molecular weight excluding hydrogens is 284 g/mol. The van der Waals surface area contributed by atoms with Gasteiger partial charge in [0.1, 0.15) is 0 Å². The van der Waals surface area contributed by atoms with E-state index in [9.17, 15) is 8.42 Å². The van der Waals surface area contributed by atoms with Gasteiger partial charge in [0.05, 0.1) is 5.75 Å². The van der Waals surface area contributed by atoms with E-state index in [-0.39, 0.29) is 5.75 Å². The molecule has 2 rings (SSSR count). The van der Waals surface area contributed by atoms with Gasteiger partial charge in [0.15, 0.2) is 0 Å². The Morgan fingerprint density at radius 3 is 2.33 bits per heavy atom. The summed E-state index contributed by atoms with van der Waals surface area (Å²) in [6, 6.07) is 13.6. The van der Waals surface area contributed by atoms with Crippen LogP contribution in [0, 0.1) is 0 Å². The lowest BCUT2D eigenvalue weighted by Gasteiger charge is -2.07. The predicted molar refractivity (Wildman–Crippen MR) is 85.4 cm³/mol. The lowest BCUT2D eigenvalue weighted by Crippen LogP contribution is -2.25. The number of nitrogens with zero attached hydrogens (tertiary/aromatic N) is 1. The van der Waals surface area contributed by atoms with E-state index in [1.54, 1.807) is 0 Å². The summed E-state index contributed by atoms with van der Waals surface area (Å²) in [4.78, 5) is 0. The fourth-order valence-corrected chi connectivity index (χ4v) is 3.26. The molecule has 5 heteroatoms. The number of unbranched alkanes of at least 4 members (excludes halogenated alkanes) is 2. The molecule has 0 aliphatic heterocycles. The van der Waals surface area contributed by atoms with E-state index in [1.165, 1.54) is 0 Å². The lowest BCUT2D eigenvalue weighted by atomic mass is 10.2. The van der Waals surface area contributed by atoms with Gasteiger partial charge in [-0.1, -0.05) is 36.8 Å². The minimum Gasteiger partial charge on any atom is -0.354 e. The maximum atomic E-state index is 11.9. The van der Waals surface area contributed by atoms with Crippen LogP contribution in [-0.2, 0) is 23.1 Å². The Balaban J connectivity index is 1.62. The highest BCUT2D eigenvalue weighted by Crippen LogP contribution is 2.03. The second-order valence-electron chi connectivity index (χ2n) is 5.11. The van der Waals surface area contributed by atoms with Gasteiger partial charge in [-0.25, -0.2) is 13.1 Å². The van der Waals surface area contributed by atoms with Gasteiger partial charge in [-0.05, 0) is 30.5 Å². The second kappa shape index (κ2) is 8.00. The minimum atomic E-state index is -3.17. The zero-order valence-electron chi connectivity index (χ0n) is 12.1. The van der Waals surface area contributed by atoms with Crippen LogP contribution in [0.3, 0.4) is 0 Å². The monoisotopic (exact) mass is 306 g/mol. The first-order valence-electron chi connectivity index (χ1n) is 7.28. The van der Waals surface area contributed by atoms with E-state index < -0.39 is 10.0 Å². The molecule has 114 valence electrons. The van der Waals surface area contributed by atoms with E-state index in [0.29, 0.717) is 13.0 Å². The van der Waals surface area contributed by atoms with Crippen LogP contribution in [0.1, 0.15) is 24.8 Å². The predicted octanol–water partition coefficient (Wildman–Crippen LogP) is 2.78. The van der Waals surface area contributed by atoms with Crippen molar-refractivity contribution in [3.63, 3.8) is 0 Å². The van der Waals surface area contributed by atoms with Gasteiger partial charge < -0.3 is 4.57 Å². The minimum absolute atomic E-state index is 0.200. The maximum absolute atomic E-state index is 11.9. The molecule has 0 aliphatic rings. The maximum Gasteiger partial charge on any atom is 0.211 e. The van der Waals surface area contributed by atoms with Gasteiger partial charge >= 0.3 is 0 Å². The molecule has 0 aliphatic carbocycles. The van der Waals surface area contributed by atoms with Crippen LogP contribution >= 0.6 is 0 Å². The summed E-state index contributed by atoms with van der Waals surface area (Å²) >= 11 is 0. The molecule has 0 unspecified atom stereocenters. The van der Waals surface area contributed by atoms with Crippen LogP contribution in [0.25, 0.3) is 0 Å². The zero-order chi connectivity index (χ0) is 15.0. The normalized spacial score (nSPS) is 11.6. The van der Waals surface area contributed by atoms with E-state index in [2.05, 4.69) is 9.29 Å². The third kappa shape index (κ3) is 6.14. The first-order valence-corrected chi connectivity index (χ1v) is 8.93. The molecule has 1 N–H and O–H groups in total. The smallest absolute Gasteiger partial charge is 0.211 e. The summed E-state index contributed by atoms with van der Waals surface area (Å²) in [6.45, 7) is 1.32. The van der Waals surface area contributed by atoms with Crippen LogP contribution in [0.15, 0.2) is 54.9 Å². The van der Waals surface area contributed by atoms with Gasteiger partial charge in [-0.3, -0.25) is 0 Å². The van der Waals surface area contributed by atoms with Crippen LogP contribution in [0.2, 0.25) is 0 Å². The Bertz CT molecular complexity index is 607. The van der Waals surface area contributed by atoms with Gasteiger partial charge in [0, 0.05) is 25.5 Å². The van der Waals surface area contributed by atoms with E-state index in [4.69, 9.17) is 0 Å². The Morgan fingerprint density at radius 2 is 1.62 bits per heavy atom. The second-order valence-corrected chi connectivity index (χ2v) is 7.03. The zero-order valence-corrected chi connectivity index (χ0v) is 12.9. The Kier molecular flexibility index (Phi) is 6.02. The average molecular weight is 306 g/mol. The third-order valence-corrected chi connectivity index (χ3v) is 4.74. The van der Waals surface area contributed by atoms with Crippen molar-refractivity contribution in [2.75, 3.05) is 5.75 Å². The first kappa shape index (κ1) is 15.8. The van der Waals surface area contributed by atoms with Gasteiger partial charge in [0.2, 0.25) is 10.0 Å². The van der Waals surface area contributed by atoms with Gasteiger partial charge in [-0.15, -0.1) is 0 Å². The summed E-state index contributed by atoms with van der Waals surface area (Å²) in [7, 11) is -3.17. The molecule has 0 amide bonds. The quantitative estimate of drug-likeness (QED) is 0.724. The number of benzene rings is 1. The average Bonchev–Trinajstić information content (AvgIpc) is 2.99. The van der Waals surface area contributed by atoms with E-state index >= 15 is 0 Å². The van der Waals surface area contributed by atoms with Crippen LogP contribution in [0.5, 0.6) is 0 Å². The number of rotatable bonds is 9. The molecule has 0 radical (unpaired) electrons. The molecule has 0 atom stereocenters. The molecule has 1 heterocycles. The van der Waals surface area contributed by atoms with Gasteiger partial charge in [-0.2, -0.15) is 0 Å². The number of nitrogens with one attached hydrogen (secondary N) is 1. The molecule has 0 saturated carbocycles. The van der Waals surface area contributed by atoms with E-state index in [0.717, 1.165) is 24.9 Å². The van der Waals surface area contributed by atoms with Crippen molar-refractivity contribution in [3.8, 4) is 0 Å². The van der Waals surface area contributed by atoms with Crippen molar-refractivity contribution < 1.29 is 8.42 Å². The highest BCUT2D eigenvalue weighted by atomic mass is 32.2. The SMILES string of the molecule is O=S(=O)(CCCCCn1cccc1)NCc1ccccc1. The highest BCUT2D eigenvalue weighted by molar-refractivity contribution is 7.89. The molecule has 0 bridgehead atoms. The topological polar surface area (TPSA) is 51.1 Å². The molecule has 2 aromatic rings. The molecule has 0 spiro atoms. The van der Waals surface area contributed by atoms with Crippen molar-refractivity contribution in [2.24, 2.45) is 0 Å². The molecular formula is C16H22N2O2S. The fourth-order valence-electron chi connectivity index (χ4n) is 2.14. The number of aromatic nitrogens is 1. The molecule has 1 aromatic carbocycles. The molecule has 0 saturated heterocycles. The summed E-state index contributed by atoms with van der Waals surface area (Å²) in [5, 5.41) is 0. The highest BCUT2D eigenvalue weighted by Gasteiger charge is 2.09. The van der Waals surface area contributed by atoms with E-state index in [1.807, 2.05) is 54.9 Å². The number of hydrogen-bond donors (Lipinski definition) is 1. The van der Waals surface area contributed by atoms with Crippen molar-refractivity contribution in [2.45, 2.75) is 32.4 Å². The number of aryl methyl sites for hydroxylation is 1. The Morgan fingerprint density at radius 1 is 0.905 bits per heavy atom. The third-order valence-electron chi connectivity index (χ3n) is 3.33. The molecule has 1 aromatic heterocycles.